The van der Waals surface area contributed by atoms with Gasteiger partial charge in [-0.2, -0.15) is 0 Å². The lowest BCUT2D eigenvalue weighted by Gasteiger charge is -2.19. The van der Waals surface area contributed by atoms with Crippen molar-refractivity contribution in [2.75, 3.05) is 6.61 Å². The van der Waals surface area contributed by atoms with Crippen LogP contribution in [0.2, 0.25) is 0 Å². The van der Waals surface area contributed by atoms with Crippen molar-refractivity contribution in [1.29, 1.82) is 0 Å². The molecule has 0 radical (unpaired) electrons. The molecule has 0 atom stereocenters. The molecular weight excluding hydrogens is 216 g/mol. The van der Waals surface area contributed by atoms with Gasteiger partial charge in [0.05, 0.1) is 6.61 Å². The van der Waals surface area contributed by atoms with Crippen LogP contribution in [0, 0.1) is 0 Å². The van der Waals surface area contributed by atoms with Gasteiger partial charge in [0.25, 0.3) is 0 Å². The Morgan fingerprint density at radius 3 is 2.65 bits per heavy atom. The Bertz CT molecular complexity index is 377. The van der Waals surface area contributed by atoms with E-state index in [1.54, 1.807) is 0 Å². The number of ether oxygens (including phenoxy) is 1. The fourth-order valence-corrected chi connectivity index (χ4v) is 1.47. The van der Waals surface area contributed by atoms with Crippen LogP contribution in [0.5, 0.6) is 5.75 Å². The molecule has 0 saturated heterocycles. The minimum Gasteiger partial charge on any atom is -0.494 e. The lowest BCUT2D eigenvalue weighted by atomic mass is 9.87. The predicted octanol–water partition coefficient (Wildman–Crippen LogP) is 3.23. The van der Waals surface area contributed by atoms with Gasteiger partial charge in [-0.3, -0.25) is 4.79 Å². The number of carboxylic acids is 1. The van der Waals surface area contributed by atoms with Crippen molar-refractivity contribution < 1.29 is 14.6 Å². The maximum atomic E-state index is 10.3. The van der Waals surface area contributed by atoms with E-state index < -0.39 is 5.97 Å². The van der Waals surface area contributed by atoms with E-state index in [9.17, 15) is 4.79 Å². The Labute approximate surface area is 102 Å². The summed E-state index contributed by atoms with van der Waals surface area (Å²) in [6, 6.07) is 7.95. The average Bonchev–Trinajstić information content (AvgIpc) is 2.23. The zero-order chi connectivity index (χ0) is 12.9. The van der Waals surface area contributed by atoms with E-state index in [1.807, 2.05) is 18.2 Å². The Kier molecular flexibility index (Phi) is 4.55. The third-order valence-electron chi connectivity index (χ3n) is 2.50. The summed E-state index contributed by atoms with van der Waals surface area (Å²) in [6.07, 6.45) is 0.689. The number of hydrogen-bond donors (Lipinski definition) is 1. The summed E-state index contributed by atoms with van der Waals surface area (Å²) in [5.41, 5.74) is 1.31. The molecule has 0 aliphatic heterocycles. The lowest BCUT2D eigenvalue weighted by Crippen LogP contribution is -2.11. The predicted molar refractivity (Wildman–Crippen MR) is 67.5 cm³/mol. The van der Waals surface area contributed by atoms with Crippen LogP contribution in [0.4, 0.5) is 0 Å². The Balaban J connectivity index is 2.52. The highest BCUT2D eigenvalue weighted by Gasteiger charge is 2.13. The quantitative estimate of drug-likeness (QED) is 0.798. The van der Waals surface area contributed by atoms with Crippen molar-refractivity contribution in [2.45, 2.75) is 39.0 Å². The molecule has 1 aromatic rings. The number of rotatable bonds is 5. The van der Waals surface area contributed by atoms with Gasteiger partial charge in [0.15, 0.2) is 0 Å². The van der Waals surface area contributed by atoms with Crippen LogP contribution in [-0.4, -0.2) is 17.7 Å². The molecule has 0 heterocycles. The molecule has 1 rings (SSSR count). The average molecular weight is 236 g/mol. The second-order valence-corrected chi connectivity index (χ2v) is 5.12. The third kappa shape index (κ3) is 4.89. The van der Waals surface area contributed by atoms with Gasteiger partial charge in [-0.25, -0.2) is 0 Å². The van der Waals surface area contributed by atoms with Crippen LogP contribution in [0.15, 0.2) is 24.3 Å². The molecule has 0 fully saturated rings. The fraction of sp³-hybridized carbons (Fsp3) is 0.500. The number of carbonyl (C=O) groups is 1. The van der Waals surface area contributed by atoms with E-state index in [0.29, 0.717) is 13.0 Å². The van der Waals surface area contributed by atoms with E-state index in [2.05, 4.69) is 26.8 Å². The second kappa shape index (κ2) is 5.71. The van der Waals surface area contributed by atoms with E-state index in [1.165, 1.54) is 5.56 Å². The third-order valence-corrected chi connectivity index (χ3v) is 2.50. The van der Waals surface area contributed by atoms with Crippen LogP contribution in [0.3, 0.4) is 0 Å². The topological polar surface area (TPSA) is 46.5 Å². The molecular formula is C14H20O3. The van der Waals surface area contributed by atoms with Gasteiger partial charge in [0, 0.05) is 6.42 Å². The Morgan fingerprint density at radius 2 is 2.06 bits per heavy atom. The molecule has 0 aliphatic carbocycles. The van der Waals surface area contributed by atoms with Crippen molar-refractivity contribution >= 4 is 5.97 Å². The van der Waals surface area contributed by atoms with Crippen molar-refractivity contribution in [2.24, 2.45) is 0 Å². The van der Waals surface area contributed by atoms with Crippen molar-refractivity contribution in [3.8, 4) is 5.75 Å². The fourth-order valence-electron chi connectivity index (χ4n) is 1.47. The Morgan fingerprint density at radius 1 is 1.35 bits per heavy atom. The molecule has 0 unspecified atom stereocenters. The molecule has 1 aromatic carbocycles. The molecule has 3 nitrogen and oxygen atoms in total. The van der Waals surface area contributed by atoms with Gasteiger partial charge in [-0.15, -0.1) is 0 Å². The number of aliphatic carboxylic acids is 1. The highest BCUT2D eigenvalue weighted by atomic mass is 16.5. The number of hydrogen-bond acceptors (Lipinski definition) is 2. The number of carboxylic acid groups (broad SMARTS) is 1. The summed E-state index contributed by atoms with van der Waals surface area (Å²) < 4.78 is 5.53. The maximum Gasteiger partial charge on any atom is 0.303 e. The molecule has 0 spiro atoms. The summed E-state index contributed by atoms with van der Waals surface area (Å²) in [4.78, 5) is 10.3. The largest absolute Gasteiger partial charge is 0.494 e. The van der Waals surface area contributed by atoms with Gasteiger partial charge in [0.1, 0.15) is 5.75 Å². The molecule has 1 N–H and O–H groups in total. The van der Waals surface area contributed by atoms with Crippen molar-refractivity contribution in [3.63, 3.8) is 0 Å². The van der Waals surface area contributed by atoms with Gasteiger partial charge in [-0.05, 0) is 29.5 Å². The molecule has 94 valence electrons. The second-order valence-electron chi connectivity index (χ2n) is 5.12. The summed E-state index contributed by atoms with van der Waals surface area (Å²) in [7, 11) is 0. The van der Waals surface area contributed by atoms with Gasteiger partial charge in [0.2, 0.25) is 0 Å². The SMILES string of the molecule is CC(C)(C)c1cccc(OCCCC(=O)O)c1. The summed E-state index contributed by atoms with van der Waals surface area (Å²) >= 11 is 0. The zero-order valence-electron chi connectivity index (χ0n) is 10.7. The van der Waals surface area contributed by atoms with Crippen LogP contribution < -0.4 is 4.74 Å². The lowest BCUT2D eigenvalue weighted by molar-refractivity contribution is -0.137. The number of benzene rings is 1. The Hall–Kier alpha value is -1.51. The van der Waals surface area contributed by atoms with Crippen LogP contribution >= 0.6 is 0 Å². The monoisotopic (exact) mass is 236 g/mol. The molecule has 0 saturated carbocycles. The summed E-state index contributed by atoms with van der Waals surface area (Å²) in [5.74, 6) is 0.0276. The van der Waals surface area contributed by atoms with Crippen LogP contribution in [0.25, 0.3) is 0 Å². The minimum atomic E-state index is -0.781. The minimum absolute atomic E-state index is 0.0977. The first-order valence-corrected chi connectivity index (χ1v) is 5.85. The molecule has 0 aliphatic rings. The molecule has 17 heavy (non-hydrogen) atoms. The first-order valence-electron chi connectivity index (χ1n) is 5.85. The first kappa shape index (κ1) is 13.6. The smallest absolute Gasteiger partial charge is 0.303 e. The van der Waals surface area contributed by atoms with Crippen molar-refractivity contribution in [3.05, 3.63) is 29.8 Å². The van der Waals surface area contributed by atoms with Gasteiger partial charge >= 0.3 is 5.97 Å². The normalized spacial score (nSPS) is 11.2. The molecule has 0 aromatic heterocycles. The van der Waals surface area contributed by atoms with E-state index >= 15 is 0 Å². The summed E-state index contributed by atoms with van der Waals surface area (Å²) in [6.45, 7) is 6.89. The van der Waals surface area contributed by atoms with E-state index in [-0.39, 0.29) is 11.8 Å². The van der Waals surface area contributed by atoms with E-state index in [4.69, 9.17) is 9.84 Å². The standard InChI is InChI=1S/C14H20O3/c1-14(2,3)11-6-4-7-12(10-11)17-9-5-8-13(15)16/h4,6-7,10H,5,8-9H2,1-3H3,(H,15,16). The molecule has 0 bridgehead atoms. The first-order chi connectivity index (χ1) is 7.89. The van der Waals surface area contributed by atoms with Gasteiger partial charge < -0.3 is 9.84 Å². The maximum absolute atomic E-state index is 10.3. The van der Waals surface area contributed by atoms with E-state index in [0.717, 1.165) is 5.75 Å². The van der Waals surface area contributed by atoms with Crippen LogP contribution in [-0.2, 0) is 10.2 Å². The van der Waals surface area contributed by atoms with Crippen molar-refractivity contribution in [1.82, 2.24) is 0 Å². The summed E-state index contributed by atoms with van der Waals surface area (Å²) in [5, 5.41) is 8.51. The highest BCUT2D eigenvalue weighted by Crippen LogP contribution is 2.25. The molecule has 0 amide bonds. The van der Waals surface area contributed by atoms with Gasteiger partial charge in [-0.1, -0.05) is 32.9 Å². The van der Waals surface area contributed by atoms with Crippen LogP contribution in [0.1, 0.15) is 39.2 Å². The molecule has 3 heteroatoms. The highest BCUT2D eigenvalue weighted by molar-refractivity contribution is 5.66. The zero-order valence-corrected chi connectivity index (χ0v) is 10.7.